The average Bonchev–Trinajstić information content (AvgIpc) is 2.34. The van der Waals surface area contributed by atoms with Crippen LogP contribution in [0.15, 0.2) is 30.3 Å². The highest BCUT2D eigenvalue weighted by atomic mass is 16.5. The van der Waals surface area contributed by atoms with E-state index in [1.807, 2.05) is 51.1 Å². The normalized spacial score (nSPS) is 14.5. The molecule has 1 rings (SSSR count). The van der Waals surface area contributed by atoms with Crippen LogP contribution in [0, 0.1) is 5.92 Å². The summed E-state index contributed by atoms with van der Waals surface area (Å²) < 4.78 is 5.58. The Kier molecular flexibility index (Phi) is 6.16. The Bertz CT molecular complexity index is 323. The first-order valence-corrected chi connectivity index (χ1v) is 6.63. The number of benzene rings is 1. The number of para-hydroxylation sites is 1. The second-order valence-electron chi connectivity index (χ2n) is 5.20. The molecule has 0 spiro atoms. The van der Waals surface area contributed by atoms with Crippen LogP contribution >= 0.6 is 0 Å². The molecule has 0 fully saturated rings. The molecule has 2 N–H and O–H groups in total. The van der Waals surface area contributed by atoms with Crippen LogP contribution in [-0.4, -0.2) is 30.4 Å². The van der Waals surface area contributed by atoms with Crippen molar-refractivity contribution in [2.45, 2.75) is 32.8 Å². The maximum Gasteiger partial charge on any atom is 0.119 e. The second kappa shape index (κ2) is 7.39. The molecule has 0 aliphatic rings. The highest BCUT2D eigenvalue weighted by Gasteiger charge is 2.23. The van der Waals surface area contributed by atoms with Crippen molar-refractivity contribution in [2.24, 2.45) is 5.92 Å². The average molecular weight is 251 g/mol. The summed E-state index contributed by atoms with van der Waals surface area (Å²) in [5, 5.41) is 13.3. The van der Waals surface area contributed by atoms with Gasteiger partial charge >= 0.3 is 0 Å². The maximum absolute atomic E-state index is 10.0. The standard InChI is InChI=1S/C15H25NO2/c1-13(2)15(3,17)12-16-10-7-11-18-14-8-5-4-6-9-14/h4-6,8-9,13,16-17H,7,10-12H2,1-3H3. The van der Waals surface area contributed by atoms with E-state index >= 15 is 0 Å². The van der Waals surface area contributed by atoms with E-state index in [0.717, 1.165) is 18.7 Å². The number of rotatable bonds is 8. The van der Waals surface area contributed by atoms with Crippen molar-refractivity contribution in [2.75, 3.05) is 19.7 Å². The number of hydrogen-bond donors (Lipinski definition) is 2. The van der Waals surface area contributed by atoms with Crippen molar-refractivity contribution in [3.8, 4) is 5.75 Å². The summed E-state index contributed by atoms with van der Waals surface area (Å²) in [6, 6.07) is 9.82. The third-order valence-electron chi connectivity index (χ3n) is 3.24. The minimum Gasteiger partial charge on any atom is -0.494 e. The lowest BCUT2D eigenvalue weighted by atomic mass is 9.92. The van der Waals surface area contributed by atoms with E-state index in [9.17, 15) is 5.11 Å². The molecule has 3 heteroatoms. The maximum atomic E-state index is 10.0. The Balaban J connectivity index is 2.06. The van der Waals surface area contributed by atoms with E-state index in [0.29, 0.717) is 13.2 Å². The minimum atomic E-state index is -0.639. The van der Waals surface area contributed by atoms with Crippen LogP contribution in [0.25, 0.3) is 0 Å². The van der Waals surface area contributed by atoms with Gasteiger partial charge in [0.1, 0.15) is 5.75 Å². The fourth-order valence-corrected chi connectivity index (χ4v) is 1.45. The molecule has 102 valence electrons. The molecule has 0 radical (unpaired) electrons. The van der Waals surface area contributed by atoms with Crippen LogP contribution in [-0.2, 0) is 0 Å². The zero-order chi connectivity index (χ0) is 13.4. The molecule has 1 unspecified atom stereocenters. The van der Waals surface area contributed by atoms with Gasteiger partial charge in [-0.15, -0.1) is 0 Å². The molecule has 0 heterocycles. The first-order chi connectivity index (χ1) is 8.52. The van der Waals surface area contributed by atoms with E-state index in [4.69, 9.17) is 4.74 Å². The van der Waals surface area contributed by atoms with Gasteiger partial charge in [-0.1, -0.05) is 32.0 Å². The van der Waals surface area contributed by atoms with Crippen LogP contribution in [0.5, 0.6) is 5.75 Å². The van der Waals surface area contributed by atoms with E-state index in [-0.39, 0.29) is 5.92 Å². The molecule has 0 saturated heterocycles. The number of aliphatic hydroxyl groups is 1. The van der Waals surface area contributed by atoms with Gasteiger partial charge in [0.15, 0.2) is 0 Å². The first-order valence-electron chi connectivity index (χ1n) is 6.63. The van der Waals surface area contributed by atoms with Crippen LogP contribution in [0.1, 0.15) is 27.2 Å². The summed E-state index contributed by atoms with van der Waals surface area (Å²) in [6.07, 6.45) is 0.934. The van der Waals surface area contributed by atoms with E-state index in [2.05, 4.69) is 5.32 Å². The molecule has 0 saturated carbocycles. The van der Waals surface area contributed by atoms with Gasteiger partial charge in [0, 0.05) is 6.54 Å². The van der Waals surface area contributed by atoms with Crippen molar-refractivity contribution in [3.63, 3.8) is 0 Å². The van der Waals surface area contributed by atoms with Gasteiger partial charge in [0.05, 0.1) is 12.2 Å². The highest BCUT2D eigenvalue weighted by Crippen LogP contribution is 2.14. The van der Waals surface area contributed by atoms with Crippen LogP contribution in [0.2, 0.25) is 0 Å². The van der Waals surface area contributed by atoms with Gasteiger partial charge in [-0.05, 0) is 37.9 Å². The van der Waals surface area contributed by atoms with Crippen LogP contribution < -0.4 is 10.1 Å². The zero-order valence-corrected chi connectivity index (χ0v) is 11.6. The van der Waals surface area contributed by atoms with Crippen LogP contribution in [0.4, 0.5) is 0 Å². The lowest BCUT2D eigenvalue weighted by molar-refractivity contribution is 0.0142. The Morgan fingerprint density at radius 3 is 2.56 bits per heavy atom. The Hall–Kier alpha value is -1.06. The lowest BCUT2D eigenvalue weighted by Gasteiger charge is -2.27. The van der Waals surface area contributed by atoms with Gasteiger partial charge in [-0.3, -0.25) is 0 Å². The molecule has 0 aromatic heterocycles. The summed E-state index contributed by atoms with van der Waals surface area (Å²) in [4.78, 5) is 0. The molecular formula is C15H25NO2. The summed E-state index contributed by atoms with van der Waals surface area (Å²) >= 11 is 0. The smallest absolute Gasteiger partial charge is 0.119 e. The monoisotopic (exact) mass is 251 g/mol. The molecule has 18 heavy (non-hydrogen) atoms. The van der Waals surface area contributed by atoms with Crippen molar-refractivity contribution in [3.05, 3.63) is 30.3 Å². The number of ether oxygens (including phenoxy) is 1. The fourth-order valence-electron chi connectivity index (χ4n) is 1.45. The molecule has 0 aliphatic carbocycles. The summed E-state index contributed by atoms with van der Waals surface area (Å²) in [7, 11) is 0. The molecule has 1 atom stereocenters. The molecule has 0 amide bonds. The molecular weight excluding hydrogens is 226 g/mol. The van der Waals surface area contributed by atoms with E-state index in [1.54, 1.807) is 0 Å². The summed E-state index contributed by atoms with van der Waals surface area (Å²) in [6.45, 7) is 8.10. The SMILES string of the molecule is CC(C)C(C)(O)CNCCCOc1ccccc1. The fraction of sp³-hybridized carbons (Fsp3) is 0.600. The molecule has 0 bridgehead atoms. The first kappa shape index (κ1) is 15.0. The van der Waals surface area contributed by atoms with Crippen molar-refractivity contribution >= 4 is 0 Å². The van der Waals surface area contributed by atoms with Crippen molar-refractivity contribution in [1.29, 1.82) is 0 Å². The van der Waals surface area contributed by atoms with E-state index in [1.165, 1.54) is 0 Å². The van der Waals surface area contributed by atoms with Gasteiger partial charge < -0.3 is 15.2 Å². The van der Waals surface area contributed by atoms with Gasteiger partial charge in [-0.2, -0.15) is 0 Å². The molecule has 0 aliphatic heterocycles. The molecule has 3 nitrogen and oxygen atoms in total. The predicted octanol–water partition coefficient (Wildman–Crippen LogP) is 2.45. The topological polar surface area (TPSA) is 41.5 Å². The Labute approximate surface area is 110 Å². The predicted molar refractivity (Wildman–Crippen MR) is 74.9 cm³/mol. The summed E-state index contributed by atoms with van der Waals surface area (Å²) in [5.41, 5.74) is -0.639. The second-order valence-corrected chi connectivity index (χ2v) is 5.20. The highest BCUT2D eigenvalue weighted by molar-refractivity contribution is 5.20. The van der Waals surface area contributed by atoms with Gasteiger partial charge in [0.2, 0.25) is 0 Å². The van der Waals surface area contributed by atoms with E-state index < -0.39 is 5.60 Å². The Morgan fingerprint density at radius 1 is 1.28 bits per heavy atom. The van der Waals surface area contributed by atoms with Gasteiger partial charge in [-0.25, -0.2) is 0 Å². The Morgan fingerprint density at radius 2 is 1.94 bits per heavy atom. The third kappa shape index (κ3) is 5.52. The van der Waals surface area contributed by atoms with Gasteiger partial charge in [0.25, 0.3) is 0 Å². The molecule has 1 aromatic carbocycles. The van der Waals surface area contributed by atoms with Crippen molar-refractivity contribution < 1.29 is 9.84 Å². The molecule has 1 aromatic rings. The minimum absolute atomic E-state index is 0.255. The number of hydrogen-bond acceptors (Lipinski definition) is 3. The summed E-state index contributed by atoms with van der Waals surface area (Å²) in [5.74, 6) is 1.16. The largest absolute Gasteiger partial charge is 0.494 e. The quantitative estimate of drug-likeness (QED) is 0.697. The zero-order valence-electron chi connectivity index (χ0n) is 11.6. The van der Waals surface area contributed by atoms with Crippen molar-refractivity contribution in [1.82, 2.24) is 5.32 Å². The van der Waals surface area contributed by atoms with Crippen LogP contribution in [0.3, 0.4) is 0 Å². The third-order valence-corrected chi connectivity index (χ3v) is 3.24. The lowest BCUT2D eigenvalue weighted by Crippen LogP contribution is -2.42. The number of nitrogens with one attached hydrogen (secondary N) is 1.